The van der Waals surface area contributed by atoms with E-state index in [1.54, 1.807) is 18.2 Å². The molecule has 0 aliphatic carbocycles. The normalized spacial score (nSPS) is 21.5. The van der Waals surface area contributed by atoms with Crippen LogP contribution in [0.25, 0.3) is 0 Å². The molecule has 1 heterocycles. The number of halogens is 2. The highest BCUT2D eigenvalue weighted by atomic mass is 19.3. The second-order valence-corrected chi connectivity index (χ2v) is 5.22. The summed E-state index contributed by atoms with van der Waals surface area (Å²) in [6.07, 6.45) is 3.40. The Kier molecular flexibility index (Phi) is 5.73. The van der Waals surface area contributed by atoms with E-state index in [4.69, 9.17) is 0 Å². The molecule has 3 nitrogen and oxygen atoms in total. The molecule has 1 fully saturated rings. The fourth-order valence-corrected chi connectivity index (χ4v) is 2.60. The van der Waals surface area contributed by atoms with Crippen molar-refractivity contribution in [2.45, 2.75) is 44.9 Å². The van der Waals surface area contributed by atoms with Crippen LogP contribution in [0.2, 0.25) is 0 Å². The Morgan fingerprint density at radius 1 is 1.30 bits per heavy atom. The van der Waals surface area contributed by atoms with Gasteiger partial charge in [0, 0.05) is 12.1 Å². The Labute approximate surface area is 118 Å². The first-order valence-corrected chi connectivity index (χ1v) is 7.16. The fourth-order valence-electron chi connectivity index (χ4n) is 2.60. The van der Waals surface area contributed by atoms with Gasteiger partial charge >= 0.3 is 6.61 Å². The molecule has 1 saturated heterocycles. The third kappa shape index (κ3) is 4.72. The quantitative estimate of drug-likeness (QED) is 0.872. The average molecular weight is 284 g/mol. The summed E-state index contributed by atoms with van der Waals surface area (Å²) in [5.41, 5.74) is 0.973. The lowest BCUT2D eigenvalue weighted by molar-refractivity contribution is -0.0499. The van der Waals surface area contributed by atoms with E-state index >= 15 is 0 Å². The third-order valence-corrected chi connectivity index (χ3v) is 3.64. The molecule has 1 aliphatic heterocycles. The minimum absolute atomic E-state index is 0.124. The van der Waals surface area contributed by atoms with Crippen LogP contribution >= 0.6 is 0 Å². The molecule has 0 bridgehead atoms. The molecule has 1 aromatic rings. The van der Waals surface area contributed by atoms with E-state index in [-0.39, 0.29) is 11.8 Å². The second-order valence-electron chi connectivity index (χ2n) is 5.22. The Hall–Kier alpha value is -1.20. The van der Waals surface area contributed by atoms with Gasteiger partial charge in [-0.1, -0.05) is 12.1 Å². The van der Waals surface area contributed by atoms with Crippen LogP contribution in [-0.2, 0) is 0 Å². The summed E-state index contributed by atoms with van der Waals surface area (Å²) >= 11 is 0. The van der Waals surface area contributed by atoms with E-state index in [0.29, 0.717) is 6.04 Å². The van der Waals surface area contributed by atoms with Gasteiger partial charge in [-0.05, 0) is 57.0 Å². The zero-order chi connectivity index (χ0) is 14.4. The number of ether oxygens (including phenoxy) is 1. The Bertz CT molecular complexity index is 407. The van der Waals surface area contributed by atoms with Crippen molar-refractivity contribution < 1.29 is 13.5 Å². The summed E-state index contributed by atoms with van der Waals surface area (Å²) in [5, 5.41) is 6.95. The number of nitrogens with one attached hydrogen (secondary N) is 2. The van der Waals surface area contributed by atoms with Crippen molar-refractivity contribution >= 4 is 0 Å². The third-order valence-electron chi connectivity index (χ3n) is 3.64. The molecule has 2 atom stereocenters. The summed E-state index contributed by atoms with van der Waals surface area (Å²) in [5.74, 6) is 0.216. The number of alkyl halides is 2. The lowest BCUT2D eigenvalue weighted by Gasteiger charge is -2.22. The van der Waals surface area contributed by atoms with Crippen molar-refractivity contribution in [3.63, 3.8) is 0 Å². The van der Waals surface area contributed by atoms with Crippen molar-refractivity contribution in [1.82, 2.24) is 10.6 Å². The van der Waals surface area contributed by atoms with Crippen molar-refractivity contribution in [3.05, 3.63) is 29.8 Å². The Morgan fingerprint density at radius 2 is 2.15 bits per heavy atom. The predicted molar refractivity (Wildman–Crippen MR) is 75.1 cm³/mol. The van der Waals surface area contributed by atoms with Gasteiger partial charge in [-0.3, -0.25) is 0 Å². The van der Waals surface area contributed by atoms with Gasteiger partial charge in [-0.2, -0.15) is 8.78 Å². The van der Waals surface area contributed by atoms with Crippen LogP contribution in [0.15, 0.2) is 24.3 Å². The van der Waals surface area contributed by atoms with E-state index in [2.05, 4.69) is 22.3 Å². The lowest BCUT2D eigenvalue weighted by atomic mass is 10.0. The number of benzene rings is 1. The maximum absolute atomic E-state index is 12.2. The maximum atomic E-state index is 12.2. The van der Waals surface area contributed by atoms with Gasteiger partial charge in [0.05, 0.1) is 0 Å². The van der Waals surface area contributed by atoms with E-state index < -0.39 is 6.61 Å². The standard InChI is InChI=1S/C15H22F2N2O/c1-11(19-13-5-3-8-18-9-7-13)12-4-2-6-14(10-12)20-15(16)17/h2,4,6,10-11,13,15,18-19H,3,5,7-9H2,1H3. The lowest BCUT2D eigenvalue weighted by Crippen LogP contribution is -2.32. The maximum Gasteiger partial charge on any atom is 0.387 e. The van der Waals surface area contributed by atoms with Crippen LogP contribution in [0.4, 0.5) is 8.78 Å². The molecular weight excluding hydrogens is 262 g/mol. The van der Waals surface area contributed by atoms with Crippen LogP contribution in [0.5, 0.6) is 5.75 Å². The molecule has 1 aromatic carbocycles. The van der Waals surface area contributed by atoms with Crippen molar-refractivity contribution in [3.8, 4) is 5.75 Å². The monoisotopic (exact) mass is 284 g/mol. The SMILES string of the molecule is CC(NC1CCCNCC1)c1cccc(OC(F)F)c1. The van der Waals surface area contributed by atoms with E-state index in [1.807, 2.05) is 6.07 Å². The van der Waals surface area contributed by atoms with E-state index in [1.165, 1.54) is 6.42 Å². The molecule has 0 amide bonds. The minimum Gasteiger partial charge on any atom is -0.435 e. The van der Waals surface area contributed by atoms with Crippen LogP contribution in [-0.4, -0.2) is 25.7 Å². The first-order chi connectivity index (χ1) is 9.65. The van der Waals surface area contributed by atoms with Crippen LogP contribution in [0.1, 0.15) is 37.8 Å². The molecule has 112 valence electrons. The van der Waals surface area contributed by atoms with E-state index in [9.17, 15) is 8.78 Å². The molecule has 5 heteroatoms. The van der Waals surface area contributed by atoms with Crippen LogP contribution in [0, 0.1) is 0 Å². The summed E-state index contributed by atoms with van der Waals surface area (Å²) < 4.78 is 28.9. The van der Waals surface area contributed by atoms with Gasteiger partial charge in [-0.25, -0.2) is 0 Å². The van der Waals surface area contributed by atoms with Crippen LogP contribution in [0.3, 0.4) is 0 Å². The van der Waals surface area contributed by atoms with Crippen molar-refractivity contribution in [2.24, 2.45) is 0 Å². The Morgan fingerprint density at radius 3 is 2.95 bits per heavy atom. The summed E-state index contributed by atoms with van der Waals surface area (Å²) in [6, 6.07) is 7.51. The molecule has 20 heavy (non-hydrogen) atoms. The Balaban J connectivity index is 1.95. The summed E-state index contributed by atoms with van der Waals surface area (Å²) in [7, 11) is 0. The molecule has 0 aromatic heterocycles. The number of hydrogen-bond acceptors (Lipinski definition) is 3. The van der Waals surface area contributed by atoms with E-state index in [0.717, 1.165) is 31.5 Å². The van der Waals surface area contributed by atoms with Gasteiger partial charge in [0.2, 0.25) is 0 Å². The van der Waals surface area contributed by atoms with Crippen molar-refractivity contribution in [2.75, 3.05) is 13.1 Å². The first-order valence-electron chi connectivity index (χ1n) is 7.16. The highest BCUT2D eigenvalue weighted by Crippen LogP contribution is 2.22. The number of hydrogen-bond donors (Lipinski definition) is 2. The molecule has 0 radical (unpaired) electrons. The molecule has 2 rings (SSSR count). The second kappa shape index (κ2) is 7.55. The molecule has 0 saturated carbocycles. The van der Waals surface area contributed by atoms with Crippen LogP contribution < -0.4 is 15.4 Å². The topological polar surface area (TPSA) is 33.3 Å². The highest BCUT2D eigenvalue weighted by molar-refractivity contribution is 5.30. The number of rotatable bonds is 5. The molecule has 2 N–H and O–H groups in total. The summed E-state index contributed by atoms with van der Waals surface area (Å²) in [6.45, 7) is 1.38. The zero-order valence-corrected chi connectivity index (χ0v) is 11.7. The van der Waals surface area contributed by atoms with Gasteiger partial charge in [0.15, 0.2) is 0 Å². The largest absolute Gasteiger partial charge is 0.435 e. The molecular formula is C15H22F2N2O. The summed E-state index contributed by atoms with van der Waals surface area (Å²) in [4.78, 5) is 0. The van der Waals surface area contributed by atoms with Gasteiger partial charge in [-0.15, -0.1) is 0 Å². The molecule has 1 aliphatic rings. The smallest absolute Gasteiger partial charge is 0.387 e. The minimum atomic E-state index is -2.78. The van der Waals surface area contributed by atoms with Crippen molar-refractivity contribution in [1.29, 1.82) is 0 Å². The van der Waals surface area contributed by atoms with Gasteiger partial charge in [0.1, 0.15) is 5.75 Å². The zero-order valence-electron chi connectivity index (χ0n) is 11.7. The predicted octanol–water partition coefficient (Wildman–Crippen LogP) is 3.08. The molecule has 2 unspecified atom stereocenters. The van der Waals surface area contributed by atoms with Gasteiger partial charge in [0.25, 0.3) is 0 Å². The first kappa shape index (κ1) is 15.2. The highest BCUT2D eigenvalue weighted by Gasteiger charge is 2.16. The average Bonchev–Trinajstić information content (AvgIpc) is 2.67. The molecule has 0 spiro atoms. The van der Waals surface area contributed by atoms with Gasteiger partial charge < -0.3 is 15.4 Å². The fraction of sp³-hybridized carbons (Fsp3) is 0.600.